The van der Waals surface area contributed by atoms with Gasteiger partial charge >= 0.3 is 0 Å². The van der Waals surface area contributed by atoms with Crippen molar-refractivity contribution in [2.75, 3.05) is 6.54 Å². The molecule has 1 heterocycles. The molecule has 0 bridgehead atoms. The number of terminal acetylenes is 1. The van der Waals surface area contributed by atoms with E-state index in [-0.39, 0.29) is 17.7 Å². The molecule has 0 fully saturated rings. The Balaban J connectivity index is 2.49. The number of carbonyl (C=O) groups excluding carboxylic acids is 1. The van der Waals surface area contributed by atoms with Crippen molar-refractivity contribution in [3.63, 3.8) is 0 Å². The molecule has 1 rings (SSSR count). The predicted molar refractivity (Wildman–Crippen MR) is 56.0 cm³/mol. The molecule has 0 radical (unpaired) electrons. The third-order valence-corrected chi connectivity index (χ3v) is 2.72. The lowest BCUT2D eigenvalue weighted by Gasteiger charge is -2.08. The summed E-state index contributed by atoms with van der Waals surface area (Å²) < 4.78 is 1.51. The number of carbonyl (C=O) groups is 1. The Bertz CT molecular complexity index is 383. The number of aromatic nitrogens is 4. The molecule has 80 valence electrons. The van der Waals surface area contributed by atoms with Crippen LogP contribution < -0.4 is 5.32 Å². The van der Waals surface area contributed by atoms with E-state index in [0.717, 1.165) is 0 Å². The Morgan fingerprint density at radius 3 is 3.07 bits per heavy atom. The van der Waals surface area contributed by atoms with Crippen LogP contribution >= 0.6 is 11.8 Å². The van der Waals surface area contributed by atoms with E-state index < -0.39 is 0 Å². The molecule has 0 saturated carbocycles. The fraction of sp³-hybridized carbons (Fsp3) is 0.500. The highest BCUT2D eigenvalue weighted by Gasteiger charge is 2.16. The number of hydrogen-bond acceptors (Lipinski definition) is 5. The lowest BCUT2D eigenvalue weighted by atomic mass is 10.4. The first-order valence-electron chi connectivity index (χ1n) is 4.25. The summed E-state index contributed by atoms with van der Waals surface area (Å²) in [6.45, 7) is 2.01. The number of hydrogen-bond donors (Lipinski definition) is 1. The molecule has 0 aromatic carbocycles. The average Bonchev–Trinajstić information content (AvgIpc) is 2.61. The van der Waals surface area contributed by atoms with Crippen LogP contribution in [0.2, 0.25) is 0 Å². The molecule has 7 heteroatoms. The fourth-order valence-corrected chi connectivity index (χ4v) is 1.59. The Labute approximate surface area is 91.8 Å². The molecule has 0 aliphatic heterocycles. The summed E-state index contributed by atoms with van der Waals surface area (Å²) in [4.78, 5) is 11.4. The van der Waals surface area contributed by atoms with Gasteiger partial charge in [0, 0.05) is 7.05 Å². The second-order valence-corrected chi connectivity index (χ2v) is 4.08. The standard InChI is InChI=1S/C8H11N5OS/c1-4-5-9-7(14)6(2)15-8-10-11-12-13(8)3/h1,6H,5H2,2-3H3,(H,9,14). The number of nitrogens with one attached hydrogen (secondary N) is 1. The minimum absolute atomic E-state index is 0.124. The van der Waals surface area contributed by atoms with Crippen LogP contribution in [0.15, 0.2) is 5.16 Å². The largest absolute Gasteiger partial charge is 0.344 e. The van der Waals surface area contributed by atoms with Crippen molar-refractivity contribution >= 4 is 17.7 Å². The molecule has 1 amide bonds. The van der Waals surface area contributed by atoms with Gasteiger partial charge in [0.25, 0.3) is 0 Å². The Morgan fingerprint density at radius 1 is 1.80 bits per heavy atom. The van der Waals surface area contributed by atoms with Crippen LogP contribution in [0.4, 0.5) is 0 Å². The molecule has 0 aliphatic rings. The normalized spacial score (nSPS) is 11.8. The average molecular weight is 225 g/mol. The molecule has 0 aliphatic carbocycles. The molecule has 0 saturated heterocycles. The Hall–Kier alpha value is -1.55. The number of rotatable bonds is 4. The summed E-state index contributed by atoms with van der Waals surface area (Å²) in [6, 6.07) is 0. The molecular weight excluding hydrogens is 214 g/mol. The summed E-state index contributed by atoms with van der Waals surface area (Å²) in [5.41, 5.74) is 0. The SMILES string of the molecule is C#CCNC(=O)C(C)Sc1nnnn1C. The van der Waals surface area contributed by atoms with Crippen LogP contribution in [0, 0.1) is 12.3 Å². The van der Waals surface area contributed by atoms with Gasteiger partial charge in [0.2, 0.25) is 11.1 Å². The van der Waals surface area contributed by atoms with Crippen molar-refractivity contribution in [1.29, 1.82) is 0 Å². The summed E-state index contributed by atoms with van der Waals surface area (Å²) in [5, 5.41) is 13.8. The highest BCUT2D eigenvalue weighted by molar-refractivity contribution is 8.00. The predicted octanol–water partition coefficient (Wildman–Crippen LogP) is -0.560. The van der Waals surface area contributed by atoms with E-state index in [0.29, 0.717) is 5.16 Å². The van der Waals surface area contributed by atoms with Gasteiger partial charge in [-0.3, -0.25) is 4.79 Å². The number of aryl methyl sites for hydroxylation is 1. The second kappa shape index (κ2) is 5.36. The van der Waals surface area contributed by atoms with E-state index in [1.54, 1.807) is 14.0 Å². The summed E-state index contributed by atoms with van der Waals surface area (Å²) in [6.07, 6.45) is 5.03. The van der Waals surface area contributed by atoms with E-state index in [4.69, 9.17) is 6.42 Å². The molecule has 6 nitrogen and oxygen atoms in total. The molecule has 1 atom stereocenters. The second-order valence-electron chi connectivity index (χ2n) is 2.77. The lowest BCUT2D eigenvalue weighted by molar-refractivity contribution is -0.120. The zero-order chi connectivity index (χ0) is 11.3. The van der Waals surface area contributed by atoms with E-state index in [2.05, 4.69) is 26.8 Å². The Morgan fingerprint density at radius 2 is 2.53 bits per heavy atom. The smallest absolute Gasteiger partial charge is 0.234 e. The number of tetrazole rings is 1. The van der Waals surface area contributed by atoms with E-state index in [1.165, 1.54) is 16.4 Å². The first kappa shape index (κ1) is 11.5. The quantitative estimate of drug-likeness (QED) is 0.549. The molecule has 1 N–H and O–H groups in total. The molecule has 15 heavy (non-hydrogen) atoms. The first-order valence-corrected chi connectivity index (χ1v) is 5.13. The first-order chi connectivity index (χ1) is 7.15. The van der Waals surface area contributed by atoms with Gasteiger partial charge in [-0.1, -0.05) is 17.7 Å². The molecule has 1 unspecified atom stereocenters. The fourth-order valence-electron chi connectivity index (χ4n) is 0.815. The molecule has 1 aromatic heterocycles. The van der Waals surface area contributed by atoms with Gasteiger partial charge in [-0.15, -0.1) is 11.5 Å². The monoisotopic (exact) mass is 225 g/mol. The molecule has 1 aromatic rings. The third kappa shape index (κ3) is 3.25. The maximum Gasteiger partial charge on any atom is 0.234 e. The van der Waals surface area contributed by atoms with Crippen LogP contribution in [-0.4, -0.2) is 37.9 Å². The van der Waals surface area contributed by atoms with Gasteiger partial charge in [0.05, 0.1) is 11.8 Å². The van der Waals surface area contributed by atoms with Crippen LogP contribution in [-0.2, 0) is 11.8 Å². The summed E-state index contributed by atoms with van der Waals surface area (Å²) in [5.74, 6) is 2.21. The van der Waals surface area contributed by atoms with Crippen LogP contribution in [0.3, 0.4) is 0 Å². The van der Waals surface area contributed by atoms with Gasteiger partial charge in [0.15, 0.2) is 0 Å². The molecular formula is C8H11N5OS. The van der Waals surface area contributed by atoms with Crippen molar-refractivity contribution in [2.45, 2.75) is 17.3 Å². The number of thioether (sulfide) groups is 1. The summed E-state index contributed by atoms with van der Waals surface area (Å²) in [7, 11) is 1.72. The topological polar surface area (TPSA) is 72.7 Å². The Kier molecular flexibility index (Phi) is 4.12. The minimum atomic E-state index is -0.275. The number of amides is 1. The van der Waals surface area contributed by atoms with Gasteiger partial charge in [-0.25, -0.2) is 4.68 Å². The van der Waals surface area contributed by atoms with Gasteiger partial charge < -0.3 is 5.32 Å². The van der Waals surface area contributed by atoms with E-state index >= 15 is 0 Å². The van der Waals surface area contributed by atoms with Crippen molar-refractivity contribution in [2.24, 2.45) is 7.05 Å². The third-order valence-electron chi connectivity index (χ3n) is 1.60. The van der Waals surface area contributed by atoms with E-state index in [9.17, 15) is 4.79 Å². The van der Waals surface area contributed by atoms with Gasteiger partial charge in [-0.2, -0.15) is 0 Å². The van der Waals surface area contributed by atoms with Crippen molar-refractivity contribution < 1.29 is 4.79 Å². The van der Waals surface area contributed by atoms with Gasteiger partial charge in [-0.05, 0) is 17.4 Å². The van der Waals surface area contributed by atoms with E-state index in [1.807, 2.05) is 0 Å². The van der Waals surface area contributed by atoms with Crippen LogP contribution in [0.1, 0.15) is 6.92 Å². The lowest BCUT2D eigenvalue weighted by Crippen LogP contribution is -2.31. The summed E-state index contributed by atoms with van der Waals surface area (Å²) >= 11 is 1.28. The zero-order valence-electron chi connectivity index (χ0n) is 8.47. The van der Waals surface area contributed by atoms with Crippen LogP contribution in [0.5, 0.6) is 0 Å². The molecule has 0 spiro atoms. The zero-order valence-corrected chi connectivity index (χ0v) is 9.28. The highest BCUT2D eigenvalue weighted by Crippen LogP contribution is 2.18. The van der Waals surface area contributed by atoms with Gasteiger partial charge in [0.1, 0.15) is 0 Å². The van der Waals surface area contributed by atoms with Crippen molar-refractivity contribution in [1.82, 2.24) is 25.5 Å². The maximum absolute atomic E-state index is 11.4. The minimum Gasteiger partial charge on any atom is -0.344 e. The number of nitrogens with zero attached hydrogens (tertiary/aromatic N) is 4. The highest BCUT2D eigenvalue weighted by atomic mass is 32.2. The van der Waals surface area contributed by atoms with Crippen molar-refractivity contribution in [3.05, 3.63) is 0 Å². The maximum atomic E-state index is 11.4. The van der Waals surface area contributed by atoms with Crippen molar-refractivity contribution in [3.8, 4) is 12.3 Å². The van der Waals surface area contributed by atoms with Crippen LogP contribution in [0.25, 0.3) is 0 Å².